The molecule has 0 aromatic carbocycles. The zero-order valence-electron chi connectivity index (χ0n) is 13.8. The van der Waals surface area contributed by atoms with Crippen LogP contribution in [-0.4, -0.2) is 65.7 Å². The van der Waals surface area contributed by atoms with Crippen LogP contribution in [0.3, 0.4) is 0 Å². The van der Waals surface area contributed by atoms with E-state index in [1.807, 2.05) is 0 Å². The summed E-state index contributed by atoms with van der Waals surface area (Å²) in [5.41, 5.74) is 0. The number of aliphatic hydroxyl groups is 2. The molecular formula is C13H25O10P. The Morgan fingerprint density at radius 2 is 1.71 bits per heavy atom. The van der Waals surface area contributed by atoms with E-state index in [1.54, 1.807) is 13.8 Å². The van der Waals surface area contributed by atoms with E-state index in [-0.39, 0.29) is 19.4 Å². The molecule has 0 amide bonds. The van der Waals surface area contributed by atoms with Crippen LogP contribution in [0, 0.1) is 0 Å². The molecular weight excluding hydrogens is 347 g/mol. The molecule has 142 valence electrons. The summed E-state index contributed by atoms with van der Waals surface area (Å²) in [5.74, 6) is -1.09. The highest BCUT2D eigenvalue weighted by molar-refractivity contribution is 7.47. The lowest BCUT2D eigenvalue weighted by atomic mass is 10.3. The molecule has 0 heterocycles. The van der Waals surface area contributed by atoms with E-state index < -0.39 is 51.8 Å². The van der Waals surface area contributed by atoms with Gasteiger partial charge >= 0.3 is 19.8 Å². The Labute approximate surface area is 140 Å². The third-order valence-electron chi connectivity index (χ3n) is 2.54. The van der Waals surface area contributed by atoms with Gasteiger partial charge in [0.1, 0.15) is 12.7 Å². The molecule has 0 aliphatic heterocycles. The lowest BCUT2D eigenvalue weighted by Gasteiger charge is -2.20. The highest BCUT2D eigenvalue weighted by atomic mass is 31.2. The third kappa shape index (κ3) is 11.5. The summed E-state index contributed by atoms with van der Waals surface area (Å²) in [5, 5.41) is 17.7. The zero-order chi connectivity index (χ0) is 18.6. The molecule has 3 unspecified atom stereocenters. The van der Waals surface area contributed by atoms with Crippen molar-refractivity contribution in [3.8, 4) is 0 Å². The Bertz CT molecular complexity index is 427. The molecule has 0 aromatic rings. The Morgan fingerprint density at radius 3 is 2.25 bits per heavy atom. The molecule has 0 aromatic heterocycles. The number of phosphoric acid groups is 1. The second-order valence-corrected chi connectivity index (χ2v) is 6.25. The highest BCUT2D eigenvalue weighted by Crippen LogP contribution is 2.43. The van der Waals surface area contributed by atoms with Gasteiger partial charge in [-0.1, -0.05) is 13.8 Å². The highest BCUT2D eigenvalue weighted by Gasteiger charge is 2.26. The number of phosphoric ester groups is 1. The number of aliphatic hydroxyl groups excluding tert-OH is 2. The van der Waals surface area contributed by atoms with Crippen LogP contribution in [0.1, 0.15) is 33.1 Å². The molecule has 0 radical (unpaired) electrons. The largest absolute Gasteiger partial charge is 0.472 e. The van der Waals surface area contributed by atoms with Crippen molar-refractivity contribution in [2.24, 2.45) is 0 Å². The van der Waals surface area contributed by atoms with E-state index in [4.69, 9.17) is 19.7 Å². The van der Waals surface area contributed by atoms with Crippen LogP contribution in [0.25, 0.3) is 0 Å². The first kappa shape index (κ1) is 23.0. The van der Waals surface area contributed by atoms with Crippen LogP contribution in [0.4, 0.5) is 0 Å². The Kier molecular flexibility index (Phi) is 11.8. The molecule has 0 bridgehead atoms. The fourth-order valence-corrected chi connectivity index (χ4v) is 2.09. The predicted molar refractivity (Wildman–Crippen MR) is 80.9 cm³/mol. The first-order valence-electron chi connectivity index (χ1n) is 7.49. The van der Waals surface area contributed by atoms with Crippen LogP contribution >= 0.6 is 7.82 Å². The second kappa shape index (κ2) is 12.3. The maximum Gasteiger partial charge on any atom is 0.472 e. The van der Waals surface area contributed by atoms with E-state index in [2.05, 4.69) is 9.05 Å². The summed E-state index contributed by atoms with van der Waals surface area (Å²) in [6.45, 7) is 1.21. The summed E-state index contributed by atoms with van der Waals surface area (Å²) >= 11 is 0. The van der Waals surface area contributed by atoms with Crippen molar-refractivity contribution in [1.29, 1.82) is 0 Å². The van der Waals surface area contributed by atoms with Gasteiger partial charge in [0, 0.05) is 12.8 Å². The summed E-state index contributed by atoms with van der Waals surface area (Å²) in [6, 6.07) is 0. The van der Waals surface area contributed by atoms with Gasteiger partial charge in [-0.25, -0.2) is 4.57 Å². The van der Waals surface area contributed by atoms with Crippen molar-refractivity contribution in [3.63, 3.8) is 0 Å². The first-order chi connectivity index (χ1) is 11.2. The normalized spacial score (nSPS) is 16.0. The molecule has 3 N–H and O–H groups in total. The molecule has 0 rings (SSSR count). The molecule has 24 heavy (non-hydrogen) atoms. The number of rotatable bonds is 13. The van der Waals surface area contributed by atoms with E-state index in [0.717, 1.165) is 0 Å². The fourth-order valence-electron chi connectivity index (χ4n) is 1.30. The smallest absolute Gasteiger partial charge is 0.462 e. The van der Waals surface area contributed by atoms with E-state index >= 15 is 0 Å². The van der Waals surface area contributed by atoms with Crippen molar-refractivity contribution in [2.75, 3.05) is 26.4 Å². The van der Waals surface area contributed by atoms with Crippen LogP contribution in [-0.2, 0) is 32.7 Å². The maximum absolute atomic E-state index is 11.6. The zero-order valence-corrected chi connectivity index (χ0v) is 14.6. The second-order valence-electron chi connectivity index (χ2n) is 4.79. The van der Waals surface area contributed by atoms with Gasteiger partial charge in [0.2, 0.25) is 0 Å². The van der Waals surface area contributed by atoms with Crippen LogP contribution in [0.5, 0.6) is 0 Å². The number of esters is 2. The van der Waals surface area contributed by atoms with Gasteiger partial charge in [-0.2, -0.15) is 0 Å². The summed E-state index contributed by atoms with van der Waals surface area (Å²) in [4.78, 5) is 32.1. The number of hydrogen-bond acceptors (Lipinski definition) is 9. The average molecular weight is 372 g/mol. The van der Waals surface area contributed by atoms with Crippen molar-refractivity contribution in [2.45, 2.75) is 45.3 Å². The van der Waals surface area contributed by atoms with Gasteiger partial charge in [0.25, 0.3) is 0 Å². The summed E-state index contributed by atoms with van der Waals surface area (Å²) in [7, 11) is -4.53. The van der Waals surface area contributed by atoms with Crippen molar-refractivity contribution >= 4 is 19.8 Å². The summed E-state index contributed by atoms with van der Waals surface area (Å²) in [6.07, 6.45) is -1.61. The Morgan fingerprint density at radius 1 is 1.08 bits per heavy atom. The molecule has 0 aliphatic carbocycles. The van der Waals surface area contributed by atoms with Gasteiger partial charge in [0.15, 0.2) is 6.10 Å². The molecule has 0 saturated heterocycles. The Hall–Kier alpha value is -1.03. The van der Waals surface area contributed by atoms with Gasteiger partial charge in [0.05, 0.1) is 19.8 Å². The van der Waals surface area contributed by atoms with Crippen molar-refractivity contribution < 1.29 is 47.8 Å². The lowest BCUT2D eigenvalue weighted by Crippen LogP contribution is -2.29. The topological polar surface area (TPSA) is 149 Å². The Balaban J connectivity index is 4.52. The van der Waals surface area contributed by atoms with E-state index in [1.165, 1.54) is 0 Å². The average Bonchev–Trinajstić information content (AvgIpc) is 2.55. The fraction of sp³-hybridized carbons (Fsp3) is 0.846. The molecule has 0 aliphatic rings. The standard InChI is InChI=1S/C13H25O10P/c1-3-5-13(17)23-11(8-20-12(16)4-2)9-22-24(18,19)21-7-10(15)6-14/h10-11,14-15H,3-9H2,1-2H3,(H,18,19). The maximum atomic E-state index is 11.6. The number of carbonyl (C=O) groups excluding carboxylic acids is 2. The van der Waals surface area contributed by atoms with Gasteiger partial charge in [-0.3, -0.25) is 18.6 Å². The minimum Gasteiger partial charge on any atom is -0.462 e. The van der Waals surface area contributed by atoms with E-state index in [0.29, 0.717) is 6.42 Å². The molecule has 3 atom stereocenters. The van der Waals surface area contributed by atoms with Crippen molar-refractivity contribution in [1.82, 2.24) is 0 Å². The number of carbonyl (C=O) groups is 2. The minimum atomic E-state index is -4.53. The first-order valence-corrected chi connectivity index (χ1v) is 8.99. The van der Waals surface area contributed by atoms with Crippen molar-refractivity contribution in [3.05, 3.63) is 0 Å². The molecule has 0 fully saturated rings. The molecule has 0 spiro atoms. The molecule has 0 saturated carbocycles. The predicted octanol–water partition coefficient (Wildman–Crippen LogP) is 0.138. The monoisotopic (exact) mass is 372 g/mol. The van der Waals surface area contributed by atoms with Gasteiger partial charge < -0.3 is 24.6 Å². The number of hydrogen-bond donors (Lipinski definition) is 3. The van der Waals surface area contributed by atoms with Gasteiger partial charge in [-0.15, -0.1) is 0 Å². The van der Waals surface area contributed by atoms with Crippen LogP contribution in [0.2, 0.25) is 0 Å². The van der Waals surface area contributed by atoms with Gasteiger partial charge in [-0.05, 0) is 6.42 Å². The lowest BCUT2D eigenvalue weighted by molar-refractivity contribution is -0.161. The summed E-state index contributed by atoms with van der Waals surface area (Å²) < 4.78 is 30.6. The third-order valence-corrected chi connectivity index (χ3v) is 3.49. The number of ether oxygens (including phenoxy) is 2. The minimum absolute atomic E-state index is 0.122. The SMILES string of the molecule is CCCC(=O)OC(COC(=O)CC)COP(=O)(O)OCC(O)CO. The quantitative estimate of drug-likeness (QED) is 0.301. The van der Waals surface area contributed by atoms with Crippen LogP contribution in [0.15, 0.2) is 0 Å². The molecule has 11 heteroatoms. The van der Waals surface area contributed by atoms with E-state index in [9.17, 15) is 19.0 Å². The molecule has 10 nitrogen and oxygen atoms in total. The van der Waals surface area contributed by atoms with Crippen LogP contribution < -0.4 is 0 Å².